The molecular formula is C21H14BrNS. The van der Waals surface area contributed by atoms with Gasteiger partial charge in [0.25, 0.3) is 0 Å². The Kier molecular flexibility index (Phi) is 4.28. The van der Waals surface area contributed by atoms with Crippen LogP contribution in [0.5, 0.6) is 0 Å². The molecule has 2 aromatic carbocycles. The average molecular weight is 392 g/mol. The van der Waals surface area contributed by atoms with Gasteiger partial charge in [0, 0.05) is 10.0 Å². The molecule has 1 nitrogen and oxygen atoms in total. The first-order valence-corrected chi connectivity index (χ1v) is 9.34. The Morgan fingerprint density at radius 3 is 2.21 bits per heavy atom. The normalized spacial score (nSPS) is 10.7. The van der Waals surface area contributed by atoms with Crippen molar-refractivity contribution in [1.82, 2.24) is 4.98 Å². The molecule has 0 aliphatic carbocycles. The van der Waals surface area contributed by atoms with E-state index in [4.69, 9.17) is 4.98 Å². The fourth-order valence-electron chi connectivity index (χ4n) is 2.67. The molecule has 0 radical (unpaired) electrons. The zero-order chi connectivity index (χ0) is 16.4. The monoisotopic (exact) mass is 391 g/mol. The van der Waals surface area contributed by atoms with Gasteiger partial charge >= 0.3 is 0 Å². The predicted molar refractivity (Wildman–Crippen MR) is 106 cm³/mol. The molecule has 0 aliphatic rings. The van der Waals surface area contributed by atoms with E-state index in [1.165, 1.54) is 16.0 Å². The molecule has 0 amide bonds. The Morgan fingerprint density at radius 2 is 1.46 bits per heavy atom. The molecule has 0 N–H and O–H groups in total. The van der Waals surface area contributed by atoms with Crippen molar-refractivity contribution < 1.29 is 0 Å². The van der Waals surface area contributed by atoms with Crippen molar-refractivity contribution in [3.8, 4) is 33.0 Å². The summed E-state index contributed by atoms with van der Waals surface area (Å²) < 4.78 is 1.08. The third-order valence-corrected chi connectivity index (χ3v) is 5.21. The van der Waals surface area contributed by atoms with Gasteiger partial charge in [-0.1, -0.05) is 64.5 Å². The Bertz CT molecular complexity index is 962. The summed E-state index contributed by atoms with van der Waals surface area (Å²) in [7, 11) is 0. The summed E-state index contributed by atoms with van der Waals surface area (Å²) in [6.45, 7) is 0. The molecule has 24 heavy (non-hydrogen) atoms. The van der Waals surface area contributed by atoms with E-state index in [9.17, 15) is 0 Å². The molecule has 0 unspecified atom stereocenters. The first-order valence-electron chi connectivity index (χ1n) is 7.67. The van der Waals surface area contributed by atoms with Gasteiger partial charge < -0.3 is 0 Å². The molecule has 4 rings (SSSR count). The first kappa shape index (κ1) is 15.3. The van der Waals surface area contributed by atoms with E-state index in [2.05, 4.69) is 75.9 Å². The van der Waals surface area contributed by atoms with E-state index in [1.807, 2.05) is 24.3 Å². The highest BCUT2D eigenvalue weighted by atomic mass is 79.9. The second-order valence-electron chi connectivity index (χ2n) is 5.48. The van der Waals surface area contributed by atoms with Gasteiger partial charge in [0.1, 0.15) is 0 Å². The zero-order valence-electron chi connectivity index (χ0n) is 12.8. The summed E-state index contributed by atoms with van der Waals surface area (Å²) in [6, 6.07) is 27.2. The van der Waals surface area contributed by atoms with Crippen molar-refractivity contribution in [1.29, 1.82) is 0 Å². The second kappa shape index (κ2) is 6.71. The summed E-state index contributed by atoms with van der Waals surface area (Å²) >= 11 is 5.28. The van der Waals surface area contributed by atoms with Crippen LogP contribution in [0.15, 0.2) is 88.7 Å². The summed E-state index contributed by atoms with van der Waals surface area (Å²) in [5.74, 6) is 0. The lowest BCUT2D eigenvalue weighted by atomic mass is 10.0. The van der Waals surface area contributed by atoms with Crippen LogP contribution in [0.4, 0.5) is 0 Å². The van der Waals surface area contributed by atoms with Crippen molar-refractivity contribution in [3.63, 3.8) is 0 Å². The number of aromatic nitrogens is 1. The maximum atomic E-state index is 4.89. The summed E-state index contributed by atoms with van der Waals surface area (Å²) in [6.07, 6.45) is 0. The van der Waals surface area contributed by atoms with Crippen molar-refractivity contribution in [2.45, 2.75) is 0 Å². The highest BCUT2D eigenvalue weighted by Gasteiger charge is 2.09. The number of hydrogen-bond acceptors (Lipinski definition) is 2. The molecule has 0 fully saturated rings. The Hall–Kier alpha value is -2.23. The Labute approximate surface area is 153 Å². The average Bonchev–Trinajstić information content (AvgIpc) is 3.17. The quantitative estimate of drug-likeness (QED) is 0.369. The van der Waals surface area contributed by atoms with E-state index in [1.54, 1.807) is 11.3 Å². The Morgan fingerprint density at radius 1 is 0.667 bits per heavy atom. The number of pyridine rings is 1. The van der Waals surface area contributed by atoms with Gasteiger partial charge in [0.05, 0.1) is 16.3 Å². The van der Waals surface area contributed by atoms with Crippen LogP contribution in [0.2, 0.25) is 0 Å². The lowest BCUT2D eigenvalue weighted by molar-refractivity contribution is 1.33. The highest BCUT2D eigenvalue weighted by Crippen LogP contribution is 2.32. The minimum atomic E-state index is 0.997. The molecule has 0 bridgehead atoms. The third kappa shape index (κ3) is 3.18. The Balaban J connectivity index is 1.92. The van der Waals surface area contributed by atoms with Crippen LogP contribution in [-0.4, -0.2) is 4.98 Å². The van der Waals surface area contributed by atoms with Crippen LogP contribution in [-0.2, 0) is 0 Å². The minimum absolute atomic E-state index is 0.997. The number of benzene rings is 2. The van der Waals surface area contributed by atoms with E-state index >= 15 is 0 Å². The molecule has 3 heteroatoms. The van der Waals surface area contributed by atoms with Gasteiger partial charge in [0.15, 0.2) is 0 Å². The largest absolute Gasteiger partial charge is 0.247 e. The molecule has 0 atom stereocenters. The summed E-state index contributed by atoms with van der Waals surface area (Å²) in [5.41, 5.74) is 5.50. The van der Waals surface area contributed by atoms with E-state index < -0.39 is 0 Å². The van der Waals surface area contributed by atoms with Crippen LogP contribution in [0.1, 0.15) is 0 Å². The fraction of sp³-hybridized carbons (Fsp3) is 0. The predicted octanol–water partition coefficient (Wildman–Crippen LogP) is 6.91. The second-order valence-corrected chi connectivity index (χ2v) is 7.34. The van der Waals surface area contributed by atoms with Crippen LogP contribution >= 0.6 is 27.3 Å². The van der Waals surface area contributed by atoms with Crippen molar-refractivity contribution in [2.24, 2.45) is 0 Å². The number of thiophene rings is 1. The van der Waals surface area contributed by atoms with Crippen molar-refractivity contribution >= 4 is 27.3 Å². The van der Waals surface area contributed by atoms with Crippen LogP contribution in [0.3, 0.4) is 0 Å². The fourth-order valence-corrected chi connectivity index (χ4v) is 3.76. The van der Waals surface area contributed by atoms with Crippen LogP contribution in [0.25, 0.3) is 33.0 Å². The lowest BCUT2D eigenvalue weighted by Gasteiger charge is -2.09. The lowest BCUT2D eigenvalue weighted by Crippen LogP contribution is -1.89. The molecule has 0 spiro atoms. The van der Waals surface area contributed by atoms with Crippen LogP contribution < -0.4 is 0 Å². The van der Waals surface area contributed by atoms with Crippen molar-refractivity contribution in [3.05, 3.63) is 88.7 Å². The molecule has 0 aliphatic heterocycles. The van der Waals surface area contributed by atoms with Gasteiger partial charge in [-0.3, -0.25) is 0 Å². The number of rotatable bonds is 3. The van der Waals surface area contributed by atoms with E-state index in [0.717, 1.165) is 21.4 Å². The van der Waals surface area contributed by atoms with E-state index in [0.29, 0.717) is 0 Å². The number of halogens is 1. The summed E-state index contributed by atoms with van der Waals surface area (Å²) in [5, 5.41) is 2.09. The number of nitrogens with zero attached hydrogens (tertiary/aromatic N) is 1. The standard InChI is InChI=1S/C21H14BrNS/c22-18-9-4-8-16(12-18)17-13-19(15-6-2-1-3-7-15)23-20(14-17)21-10-5-11-24-21/h1-14H. The molecular weight excluding hydrogens is 378 g/mol. The molecule has 0 saturated carbocycles. The highest BCUT2D eigenvalue weighted by molar-refractivity contribution is 9.10. The maximum absolute atomic E-state index is 4.89. The van der Waals surface area contributed by atoms with Gasteiger partial charge in [-0.15, -0.1) is 11.3 Å². The van der Waals surface area contributed by atoms with Gasteiger partial charge in [0.2, 0.25) is 0 Å². The SMILES string of the molecule is Brc1cccc(-c2cc(-c3ccccc3)nc(-c3cccs3)c2)c1. The smallest absolute Gasteiger partial charge is 0.0815 e. The molecule has 0 saturated heterocycles. The topological polar surface area (TPSA) is 12.9 Å². The van der Waals surface area contributed by atoms with Gasteiger partial charge in [-0.25, -0.2) is 4.98 Å². The van der Waals surface area contributed by atoms with Crippen molar-refractivity contribution in [2.75, 3.05) is 0 Å². The van der Waals surface area contributed by atoms with Gasteiger partial charge in [-0.05, 0) is 46.8 Å². The minimum Gasteiger partial charge on any atom is -0.247 e. The van der Waals surface area contributed by atoms with E-state index in [-0.39, 0.29) is 0 Å². The first-order chi connectivity index (χ1) is 11.8. The zero-order valence-corrected chi connectivity index (χ0v) is 15.2. The molecule has 2 heterocycles. The summed E-state index contributed by atoms with van der Waals surface area (Å²) in [4.78, 5) is 6.08. The molecule has 2 aromatic heterocycles. The number of hydrogen-bond donors (Lipinski definition) is 0. The van der Waals surface area contributed by atoms with Gasteiger partial charge in [-0.2, -0.15) is 0 Å². The maximum Gasteiger partial charge on any atom is 0.0815 e. The van der Waals surface area contributed by atoms with Crippen LogP contribution in [0, 0.1) is 0 Å². The third-order valence-electron chi connectivity index (χ3n) is 3.83. The molecule has 4 aromatic rings. The molecule has 116 valence electrons.